The number of ether oxygens (including phenoxy) is 1. The van der Waals surface area contributed by atoms with Crippen molar-refractivity contribution in [2.75, 3.05) is 17.7 Å². The van der Waals surface area contributed by atoms with Gasteiger partial charge in [0.15, 0.2) is 5.13 Å². The number of rotatable bonds is 6. The number of fused-ring (bicyclic) bond motifs is 1. The zero-order valence-corrected chi connectivity index (χ0v) is 16.5. The highest BCUT2D eigenvalue weighted by Crippen LogP contribution is 2.30. The molecule has 0 radical (unpaired) electrons. The number of nitrogens with zero attached hydrogens (tertiary/aromatic N) is 3. The Morgan fingerprint density at radius 2 is 1.97 bits per heavy atom. The van der Waals surface area contributed by atoms with Crippen LogP contribution in [0.25, 0.3) is 10.2 Å². The molecule has 4 aromatic rings. The third-order valence-electron chi connectivity index (χ3n) is 4.21. The van der Waals surface area contributed by atoms with Gasteiger partial charge in [0, 0.05) is 24.0 Å². The van der Waals surface area contributed by atoms with Gasteiger partial charge >= 0.3 is 0 Å². The van der Waals surface area contributed by atoms with E-state index >= 15 is 0 Å². The summed E-state index contributed by atoms with van der Waals surface area (Å²) in [6.07, 6.45) is 1.58. The summed E-state index contributed by atoms with van der Waals surface area (Å²) in [4.78, 5) is 31.9. The lowest BCUT2D eigenvalue weighted by Crippen LogP contribution is -2.14. The molecule has 0 aliphatic rings. The molecule has 0 fully saturated rings. The zero-order chi connectivity index (χ0) is 21.1. The Kier molecular flexibility index (Phi) is 5.22. The van der Waals surface area contributed by atoms with Crippen LogP contribution in [0.4, 0.5) is 22.3 Å². The number of carbonyl (C=O) groups is 1. The van der Waals surface area contributed by atoms with Gasteiger partial charge in [-0.2, -0.15) is 0 Å². The van der Waals surface area contributed by atoms with Crippen molar-refractivity contribution in [3.8, 4) is 5.75 Å². The molecule has 2 aromatic carbocycles. The van der Waals surface area contributed by atoms with Crippen molar-refractivity contribution < 1.29 is 14.5 Å². The highest BCUT2D eigenvalue weighted by atomic mass is 32.1. The van der Waals surface area contributed by atoms with Crippen molar-refractivity contribution in [2.24, 2.45) is 0 Å². The van der Waals surface area contributed by atoms with Crippen LogP contribution in [-0.2, 0) is 0 Å². The molecule has 0 bridgehead atoms. The number of thiazole rings is 1. The van der Waals surface area contributed by atoms with Crippen LogP contribution in [-0.4, -0.2) is 27.9 Å². The molecule has 2 N–H and O–H groups in total. The predicted molar refractivity (Wildman–Crippen MR) is 115 cm³/mol. The first-order valence-corrected chi connectivity index (χ1v) is 9.57. The molecule has 0 unspecified atom stereocenters. The average molecular weight is 421 g/mol. The minimum atomic E-state index is -0.468. The Hall–Kier alpha value is -4.05. The number of hydrogen-bond donors (Lipinski definition) is 2. The van der Waals surface area contributed by atoms with Crippen LogP contribution in [0.3, 0.4) is 0 Å². The second-order valence-electron chi connectivity index (χ2n) is 6.14. The minimum Gasteiger partial charge on any atom is -0.497 e. The molecule has 0 aliphatic carbocycles. The Bertz CT molecular complexity index is 1240. The summed E-state index contributed by atoms with van der Waals surface area (Å²) in [5.74, 6) is 0.709. The van der Waals surface area contributed by atoms with E-state index in [1.165, 1.54) is 12.1 Å². The van der Waals surface area contributed by atoms with Crippen LogP contribution in [0.1, 0.15) is 10.4 Å². The monoisotopic (exact) mass is 421 g/mol. The van der Waals surface area contributed by atoms with E-state index in [4.69, 9.17) is 4.74 Å². The van der Waals surface area contributed by atoms with E-state index in [0.717, 1.165) is 22.8 Å². The Morgan fingerprint density at radius 1 is 1.17 bits per heavy atom. The molecule has 0 saturated heterocycles. The van der Waals surface area contributed by atoms with E-state index in [-0.39, 0.29) is 5.69 Å². The van der Waals surface area contributed by atoms with Crippen molar-refractivity contribution in [2.45, 2.75) is 0 Å². The summed E-state index contributed by atoms with van der Waals surface area (Å²) in [7, 11) is 1.59. The van der Waals surface area contributed by atoms with Crippen LogP contribution in [0.2, 0.25) is 0 Å². The van der Waals surface area contributed by atoms with Crippen LogP contribution in [0.5, 0.6) is 5.75 Å². The number of carbonyl (C=O) groups excluding carboxylic acids is 1. The van der Waals surface area contributed by atoms with Gasteiger partial charge in [-0.3, -0.25) is 20.2 Å². The van der Waals surface area contributed by atoms with Gasteiger partial charge in [0.05, 0.1) is 27.8 Å². The lowest BCUT2D eigenvalue weighted by atomic mass is 10.2. The molecule has 0 atom stereocenters. The first-order chi connectivity index (χ1) is 14.5. The summed E-state index contributed by atoms with van der Waals surface area (Å²) in [5.41, 5.74) is 1.63. The van der Waals surface area contributed by atoms with Crippen LogP contribution < -0.4 is 15.4 Å². The third-order valence-corrected chi connectivity index (χ3v) is 5.14. The van der Waals surface area contributed by atoms with Crippen molar-refractivity contribution in [3.05, 3.63) is 76.5 Å². The molecule has 10 heteroatoms. The van der Waals surface area contributed by atoms with E-state index in [1.54, 1.807) is 43.6 Å². The van der Waals surface area contributed by atoms with Crippen molar-refractivity contribution in [1.82, 2.24) is 9.97 Å². The van der Waals surface area contributed by atoms with Crippen molar-refractivity contribution in [3.63, 3.8) is 0 Å². The number of nitro benzene ring substituents is 1. The number of aromatic nitrogens is 2. The first-order valence-electron chi connectivity index (χ1n) is 8.76. The SMILES string of the molecule is COc1ccc(Nc2ncccc2C(=O)Nc2nc3ccc([N+](=O)[O-])cc3s2)cc1. The number of amides is 1. The van der Waals surface area contributed by atoms with Gasteiger partial charge in [-0.15, -0.1) is 0 Å². The molecule has 0 saturated carbocycles. The number of nitro groups is 1. The first kappa shape index (κ1) is 19.3. The third kappa shape index (κ3) is 4.03. The van der Waals surface area contributed by atoms with Gasteiger partial charge in [0.25, 0.3) is 11.6 Å². The number of pyridine rings is 1. The van der Waals surface area contributed by atoms with E-state index in [0.29, 0.717) is 26.7 Å². The van der Waals surface area contributed by atoms with Gasteiger partial charge in [-0.05, 0) is 42.5 Å². The zero-order valence-electron chi connectivity index (χ0n) is 15.7. The smallest absolute Gasteiger partial charge is 0.270 e. The molecule has 1 amide bonds. The molecule has 2 heterocycles. The fourth-order valence-corrected chi connectivity index (χ4v) is 3.64. The molecular weight excluding hydrogens is 406 g/mol. The average Bonchev–Trinajstić information content (AvgIpc) is 3.16. The molecule has 0 aliphatic heterocycles. The highest BCUT2D eigenvalue weighted by molar-refractivity contribution is 7.22. The largest absolute Gasteiger partial charge is 0.497 e. The Morgan fingerprint density at radius 3 is 2.70 bits per heavy atom. The van der Waals surface area contributed by atoms with E-state index in [1.807, 2.05) is 12.1 Å². The van der Waals surface area contributed by atoms with Crippen molar-refractivity contribution in [1.29, 1.82) is 0 Å². The maximum Gasteiger partial charge on any atom is 0.270 e. The molecule has 4 rings (SSSR count). The molecule has 150 valence electrons. The molecule has 2 aromatic heterocycles. The predicted octanol–water partition coefficient (Wildman–Crippen LogP) is 4.60. The summed E-state index contributed by atoms with van der Waals surface area (Å²) in [6.45, 7) is 0. The maximum atomic E-state index is 12.8. The second kappa shape index (κ2) is 8.13. The highest BCUT2D eigenvalue weighted by Gasteiger charge is 2.16. The van der Waals surface area contributed by atoms with Gasteiger partial charge in [-0.25, -0.2) is 9.97 Å². The summed E-state index contributed by atoms with van der Waals surface area (Å²) >= 11 is 1.16. The van der Waals surface area contributed by atoms with Gasteiger partial charge in [0.2, 0.25) is 0 Å². The van der Waals surface area contributed by atoms with E-state index in [9.17, 15) is 14.9 Å². The quantitative estimate of drug-likeness (QED) is 0.345. The molecule has 30 heavy (non-hydrogen) atoms. The van der Waals surface area contributed by atoms with Gasteiger partial charge in [-0.1, -0.05) is 11.3 Å². The maximum absolute atomic E-state index is 12.8. The Labute approximate surface area is 174 Å². The lowest BCUT2D eigenvalue weighted by molar-refractivity contribution is -0.384. The molecule has 0 spiro atoms. The second-order valence-corrected chi connectivity index (χ2v) is 7.17. The number of methoxy groups -OCH3 is 1. The Balaban J connectivity index is 1.56. The van der Waals surface area contributed by atoms with E-state index < -0.39 is 10.8 Å². The molecular formula is C20H15N5O4S. The van der Waals surface area contributed by atoms with Gasteiger partial charge in [0.1, 0.15) is 11.6 Å². The number of nitrogens with one attached hydrogen (secondary N) is 2. The van der Waals surface area contributed by atoms with Crippen LogP contribution >= 0.6 is 11.3 Å². The standard InChI is InChI=1S/C20H15N5O4S/c1-29-14-7-4-12(5-8-14)22-18-15(3-2-10-21-18)19(26)24-20-23-16-9-6-13(25(27)28)11-17(16)30-20/h2-11H,1H3,(H,21,22)(H,23,24,26). The van der Waals surface area contributed by atoms with Gasteiger partial charge < -0.3 is 10.1 Å². The fraction of sp³-hybridized carbons (Fsp3) is 0.0500. The normalized spacial score (nSPS) is 10.6. The van der Waals surface area contributed by atoms with E-state index in [2.05, 4.69) is 20.6 Å². The van der Waals surface area contributed by atoms with Crippen molar-refractivity contribution >= 4 is 49.8 Å². The van der Waals surface area contributed by atoms with Crippen LogP contribution in [0.15, 0.2) is 60.8 Å². The van der Waals surface area contributed by atoms with Crippen LogP contribution in [0, 0.1) is 10.1 Å². The lowest BCUT2D eigenvalue weighted by Gasteiger charge is -2.10. The summed E-state index contributed by atoms with van der Waals surface area (Å²) < 4.78 is 5.76. The number of benzene rings is 2. The fourth-order valence-electron chi connectivity index (χ4n) is 2.74. The topological polar surface area (TPSA) is 119 Å². The minimum absolute atomic E-state index is 0.0257. The summed E-state index contributed by atoms with van der Waals surface area (Å²) in [6, 6.07) is 14.9. The number of non-ortho nitro benzene ring substituents is 1. The number of anilines is 3. The molecule has 9 nitrogen and oxygen atoms in total. The summed E-state index contributed by atoms with van der Waals surface area (Å²) in [5, 5.41) is 17.1. The number of hydrogen-bond acceptors (Lipinski definition) is 8.